The molecule has 2 amide bonds. The topological polar surface area (TPSA) is 84.3 Å². The van der Waals surface area contributed by atoms with Crippen LogP contribution in [0.15, 0.2) is 24.3 Å². The number of anilines is 1. The van der Waals surface area contributed by atoms with E-state index in [1.807, 2.05) is 57.8 Å². The molecule has 2 saturated carbocycles. The summed E-state index contributed by atoms with van der Waals surface area (Å²) in [5.74, 6) is 1.04. The van der Waals surface area contributed by atoms with Crippen LogP contribution >= 0.6 is 0 Å². The van der Waals surface area contributed by atoms with E-state index in [9.17, 15) is 14.9 Å². The van der Waals surface area contributed by atoms with Crippen molar-refractivity contribution >= 4 is 17.4 Å². The second kappa shape index (κ2) is 12.2. The largest absolute Gasteiger partial charge is 2.00 e. The van der Waals surface area contributed by atoms with Gasteiger partial charge in [-0.25, -0.2) is 4.79 Å². The predicted molar refractivity (Wildman–Crippen MR) is 110 cm³/mol. The molecule has 2 aliphatic carbocycles. The third-order valence-corrected chi connectivity index (χ3v) is 4.05. The first-order chi connectivity index (χ1) is 13.3. The zero-order valence-electron chi connectivity index (χ0n) is 16.6. The fourth-order valence-electron chi connectivity index (χ4n) is 2.67. The molecule has 1 aromatic carbocycles. The maximum Gasteiger partial charge on any atom is 2.00 e. The summed E-state index contributed by atoms with van der Waals surface area (Å²) in [6.07, 6.45) is 17.8. The Bertz CT molecular complexity index is 626. The molecule has 0 heterocycles. The van der Waals surface area contributed by atoms with E-state index < -0.39 is 4.92 Å². The molecule has 7 heteroatoms. The number of hydrogen-bond acceptors (Lipinski definition) is 3. The Morgan fingerprint density at radius 1 is 0.931 bits per heavy atom. The van der Waals surface area contributed by atoms with Crippen LogP contribution in [0.2, 0.25) is 0 Å². The zero-order chi connectivity index (χ0) is 20.6. The van der Waals surface area contributed by atoms with Gasteiger partial charge in [-0.05, 0) is 75.3 Å². The molecule has 0 bridgehead atoms. The van der Waals surface area contributed by atoms with Crippen molar-refractivity contribution in [2.24, 2.45) is 5.41 Å². The molecule has 0 spiro atoms. The Morgan fingerprint density at radius 3 is 1.83 bits per heavy atom. The fourth-order valence-corrected chi connectivity index (χ4v) is 2.67. The van der Waals surface area contributed by atoms with Crippen LogP contribution in [0.25, 0.3) is 0 Å². The maximum absolute atomic E-state index is 12.2. The Kier molecular flexibility index (Phi) is 10.7. The molecule has 0 saturated heterocycles. The van der Waals surface area contributed by atoms with E-state index in [0.717, 1.165) is 5.92 Å². The Labute approximate surface area is 185 Å². The molecule has 1 atom stereocenters. The van der Waals surface area contributed by atoms with Crippen LogP contribution in [0.5, 0.6) is 0 Å². The molecule has 3 rings (SSSR count). The summed E-state index contributed by atoms with van der Waals surface area (Å²) in [7, 11) is 0. The van der Waals surface area contributed by atoms with Crippen LogP contribution in [0.1, 0.15) is 20.8 Å². The Balaban J connectivity index is 0.000000610. The first-order valence-corrected chi connectivity index (χ1v) is 8.97. The number of nitrogens with zero attached hydrogens (tertiary/aromatic N) is 1. The van der Waals surface area contributed by atoms with Gasteiger partial charge in [0.2, 0.25) is 0 Å². The summed E-state index contributed by atoms with van der Waals surface area (Å²) in [5, 5.41) is 16.3. The molecular weight excluding hydrogens is 410 g/mol. The van der Waals surface area contributed by atoms with Gasteiger partial charge in [0, 0.05) is 29.8 Å². The maximum atomic E-state index is 12.2. The van der Waals surface area contributed by atoms with Gasteiger partial charge in [0.1, 0.15) is 0 Å². The van der Waals surface area contributed by atoms with Gasteiger partial charge < -0.3 is 10.6 Å². The van der Waals surface area contributed by atoms with Crippen molar-refractivity contribution < 1.29 is 26.8 Å². The molecule has 0 unspecified atom stereocenters. The normalized spacial score (nSPS) is 17.5. The molecular formula is C22H25FeN3O3+2. The molecule has 6 nitrogen and oxygen atoms in total. The number of rotatable bonds is 4. The number of urea groups is 1. The van der Waals surface area contributed by atoms with Crippen molar-refractivity contribution in [2.75, 3.05) is 5.32 Å². The Morgan fingerprint density at radius 2 is 1.41 bits per heavy atom. The zero-order valence-corrected chi connectivity index (χ0v) is 17.7. The summed E-state index contributed by atoms with van der Waals surface area (Å²) in [6.45, 7) is 6.16. The standard InChI is InChI=1S/C17H20N3O3.C5H5.Fe/c1-17(2,3)15(12-6-4-5-7-12)19-16(21)18-13-8-10-14(11-9-13)20(22)23;1-2-4-5-3-1;/h4-11,15H,1-3H3,(H2,18,19,21);1-5H;/q;;+2/t15-;;/m0../s1. The first kappa shape index (κ1) is 25.4. The number of carbonyl (C=O) groups is 1. The minimum absolute atomic E-state index is 0. The van der Waals surface area contributed by atoms with E-state index in [1.54, 1.807) is 0 Å². The summed E-state index contributed by atoms with van der Waals surface area (Å²) in [6, 6.07) is 5.23. The average molecular weight is 435 g/mol. The van der Waals surface area contributed by atoms with Gasteiger partial charge in [-0.1, -0.05) is 20.8 Å². The SMILES string of the molecule is CC(C)(C)[C@@H](NC(=O)Nc1ccc([N+](=O)[O-])cc1)[C]1[CH][CH][CH][CH]1.[CH]1[CH][CH][CH][CH]1.[Fe+2]. The van der Waals surface area contributed by atoms with Crippen molar-refractivity contribution in [3.8, 4) is 0 Å². The molecule has 10 radical (unpaired) electrons. The van der Waals surface area contributed by atoms with Crippen LogP contribution < -0.4 is 10.6 Å². The van der Waals surface area contributed by atoms with Crippen LogP contribution in [-0.4, -0.2) is 17.0 Å². The molecule has 0 aromatic heterocycles. The number of benzene rings is 1. The van der Waals surface area contributed by atoms with Crippen molar-refractivity contribution in [3.05, 3.63) is 98.1 Å². The quantitative estimate of drug-likeness (QED) is 0.413. The number of amides is 2. The summed E-state index contributed by atoms with van der Waals surface area (Å²) < 4.78 is 0. The molecule has 152 valence electrons. The molecule has 2 N–H and O–H groups in total. The van der Waals surface area contributed by atoms with Crippen molar-refractivity contribution in [1.82, 2.24) is 5.32 Å². The van der Waals surface area contributed by atoms with Crippen LogP contribution in [0.4, 0.5) is 16.2 Å². The third kappa shape index (κ3) is 8.75. The van der Waals surface area contributed by atoms with Gasteiger partial charge >= 0.3 is 23.1 Å². The molecule has 2 fully saturated rings. The first-order valence-electron chi connectivity index (χ1n) is 8.97. The van der Waals surface area contributed by atoms with E-state index in [-0.39, 0.29) is 40.2 Å². The van der Waals surface area contributed by atoms with Gasteiger partial charge in [0.15, 0.2) is 0 Å². The fraction of sp³-hybridized carbons (Fsp3) is 0.227. The smallest absolute Gasteiger partial charge is 0.334 e. The molecule has 29 heavy (non-hydrogen) atoms. The predicted octanol–water partition coefficient (Wildman–Crippen LogP) is 4.56. The summed E-state index contributed by atoms with van der Waals surface area (Å²) >= 11 is 0. The number of non-ortho nitro benzene ring substituents is 1. The van der Waals surface area contributed by atoms with E-state index in [2.05, 4.69) is 31.4 Å². The summed E-state index contributed by atoms with van der Waals surface area (Å²) in [5.41, 5.74) is 0.338. The monoisotopic (exact) mass is 435 g/mol. The number of nitro benzene ring substituents is 1. The number of nitro groups is 1. The van der Waals surface area contributed by atoms with Gasteiger partial charge in [0.25, 0.3) is 5.69 Å². The van der Waals surface area contributed by atoms with Crippen LogP contribution in [-0.2, 0) is 17.1 Å². The molecule has 0 aliphatic heterocycles. The van der Waals surface area contributed by atoms with Crippen molar-refractivity contribution in [3.63, 3.8) is 0 Å². The van der Waals surface area contributed by atoms with Crippen molar-refractivity contribution in [2.45, 2.75) is 26.8 Å². The second-order valence-corrected chi connectivity index (χ2v) is 7.38. The van der Waals surface area contributed by atoms with E-state index in [1.165, 1.54) is 24.3 Å². The van der Waals surface area contributed by atoms with Gasteiger partial charge in [-0.3, -0.25) is 10.1 Å². The Hall–Kier alpha value is -1.59. The van der Waals surface area contributed by atoms with Gasteiger partial charge in [-0.15, -0.1) is 0 Å². The second-order valence-electron chi connectivity index (χ2n) is 7.38. The average Bonchev–Trinajstić information content (AvgIpc) is 3.35. The third-order valence-electron chi connectivity index (χ3n) is 4.05. The summed E-state index contributed by atoms with van der Waals surface area (Å²) in [4.78, 5) is 22.4. The molecule has 1 aromatic rings. The minimum atomic E-state index is -0.477. The van der Waals surface area contributed by atoms with Crippen LogP contribution in [0, 0.1) is 79.2 Å². The minimum Gasteiger partial charge on any atom is -0.334 e. The number of nitrogens with one attached hydrogen (secondary N) is 2. The molecule has 2 aliphatic rings. The van der Waals surface area contributed by atoms with Gasteiger partial charge in [-0.2, -0.15) is 0 Å². The van der Waals surface area contributed by atoms with Crippen molar-refractivity contribution in [1.29, 1.82) is 0 Å². The van der Waals surface area contributed by atoms with E-state index in [0.29, 0.717) is 5.69 Å². The van der Waals surface area contributed by atoms with Gasteiger partial charge in [0.05, 0.1) is 4.92 Å². The van der Waals surface area contributed by atoms with E-state index >= 15 is 0 Å². The van der Waals surface area contributed by atoms with Crippen LogP contribution in [0.3, 0.4) is 0 Å². The van der Waals surface area contributed by atoms with E-state index in [4.69, 9.17) is 0 Å². The number of carbonyl (C=O) groups excluding carboxylic acids is 1. The number of hydrogen-bond donors (Lipinski definition) is 2.